The molecule has 1 amide bonds. The number of nitrogens with zero attached hydrogens (tertiary/aromatic N) is 1. The number of benzene rings is 1. The molecule has 1 unspecified atom stereocenters. The minimum absolute atomic E-state index is 0.230. The highest BCUT2D eigenvalue weighted by Crippen LogP contribution is 2.23. The predicted molar refractivity (Wildman–Crippen MR) is 81.4 cm³/mol. The zero-order valence-electron chi connectivity index (χ0n) is 13.0. The van der Waals surface area contributed by atoms with Crippen LogP contribution in [-0.2, 0) is 11.2 Å². The first-order valence-electron chi connectivity index (χ1n) is 7.39. The molecule has 1 atom stereocenters. The summed E-state index contributed by atoms with van der Waals surface area (Å²) in [4.78, 5) is 24.6. The normalized spacial score (nSPS) is 18.6. The van der Waals surface area contributed by atoms with E-state index in [1.54, 1.807) is 11.0 Å². The fourth-order valence-corrected chi connectivity index (χ4v) is 2.62. The molecule has 4 nitrogen and oxygen atoms in total. The van der Waals surface area contributed by atoms with E-state index >= 15 is 0 Å². The summed E-state index contributed by atoms with van der Waals surface area (Å²) >= 11 is 0. The monoisotopic (exact) mass is 289 g/mol. The number of hydrogen-bond donors (Lipinski definition) is 0. The van der Waals surface area contributed by atoms with E-state index in [1.165, 1.54) is 0 Å². The summed E-state index contributed by atoms with van der Waals surface area (Å²) in [7, 11) is 0. The summed E-state index contributed by atoms with van der Waals surface area (Å²) in [6, 6.07) is 7.66. The lowest BCUT2D eigenvalue weighted by molar-refractivity contribution is 0.0288. The van der Waals surface area contributed by atoms with Crippen molar-refractivity contribution in [1.82, 2.24) is 4.90 Å². The first-order valence-corrected chi connectivity index (χ1v) is 7.39. The average molecular weight is 289 g/mol. The number of ether oxygens (including phenoxy) is 1. The summed E-state index contributed by atoms with van der Waals surface area (Å²) in [5.74, 6) is 0.430. The van der Waals surface area contributed by atoms with Crippen molar-refractivity contribution in [3.05, 3.63) is 35.4 Å². The fourth-order valence-electron chi connectivity index (χ4n) is 2.62. The lowest BCUT2D eigenvalue weighted by Gasteiger charge is -2.24. The molecule has 0 radical (unpaired) electrons. The standard InChI is InChI=1S/C17H23NO3/c1-17(2,3)21-16(20)18-8-7-14(11-18)9-13-5-4-6-15(10-13)12-19/h4-6,10,12,14H,7-9,11H2,1-3H3. The molecule has 1 aromatic rings. The second-order valence-corrected chi connectivity index (χ2v) is 6.65. The van der Waals surface area contributed by atoms with Crippen molar-refractivity contribution in [2.24, 2.45) is 5.92 Å². The van der Waals surface area contributed by atoms with Gasteiger partial charge >= 0.3 is 6.09 Å². The maximum Gasteiger partial charge on any atom is 0.410 e. The van der Waals surface area contributed by atoms with Gasteiger partial charge in [0.1, 0.15) is 11.9 Å². The van der Waals surface area contributed by atoms with Crippen LogP contribution in [0.1, 0.15) is 43.1 Å². The van der Waals surface area contributed by atoms with Crippen molar-refractivity contribution >= 4 is 12.4 Å². The van der Waals surface area contributed by atoms with Crippen LogP contribution in [0.15, 0.2) is 24.3 Å². The van der Waals surface area contributed by atoms with E-state index in [4.69, 9.17) is 4.74 Å². The number of aldehydes is 1. The SMILES string of the molecule is CC(C)(C)OC(=O)N1CCC(Cc2cccc(C=O)c2)C1. The first-order chi connectivity index (χ1) is 9.87. The Balaban J connectivity index is 1.90. The Hall–Kier alpha value is -1.84. The summed E-state index contributed by atoms with van der Waals surface area (Å²) in [6.45, 7) is 7.10. The predicted octanol–water partition coefficient (Wildman–Crippen LogP) is 3.30. The molecule has 4 heteroatoms. The molecule has 0 bridgehead atoms. The van der Waals surface area contributed by atoms with Crippen LogP contribution in [0, 0.1) is 5.92 Å². The summed E-state index contributed by atoms with van der Waals surface area (Å²) < 4.78 is 5.40. The van der Waals surface area contributed by atoms with Crippen LogP contribution in [0.25, 0.3) is 0 Å². The van der Waals surface area contributed by atoms with E-state index in [2.05, 4.69) is 0 Å². The van der Waals surface area contributed by atoms with E-state index in [0.717, 1.165) is 37.8 Å². The van der Waals surface area contributed by atoms with Gasteiger partial charge in [-0.15, -0.1) is 0 Å². The lowest BCUT2D eigenvalue weighted by atomic mass is 9.97. The van der Waals surface area contributed by atoms with Crippen molar-refractivity contribution in [2.45, 2.75) is 39.2 Å². The Labute approximate surface area is 126 Å². The minimum atomic E-state index is -0.451. The molecular formula is C17H23NO3. The number of hydrogen-bond acceptors (Lipinski definition) is 3. The molecule has 0 spiro atoms. The number of amides is 1. The van der Waals surface area contributed by atoms with Crippen LogP contribution in [0.5, 0.6) is 0 Å². The molecule has 2 rings (SSSR count). The van der Waals surface area contributed by atoms with E-state index in [-0.39, 0.29) is 6.09 Å². The third-order valence-electron chi connectivity index (χ3n) is 3.55. The van der Waals surface area contributed by atoms with Crippen molar-refractivity contribution < 1.29 is 14.3 Å². The highest BCUT2D eigenvalue weighted by molar-refractivity contribution is 5.74. The molecule has 0 aromatic heterocycles. The Morgan fingerprint density at radius 3 is 2.86 bits per heavy atom. The molecule has 1 fully saturated rings. The molecule has 1 aliphatic rings. The molecule has 0 saturated carbocycles. The third kappa shape index (κ3) is 4.59. The van der Waals surface area contributed by atoms with Gasteiger partial charge in [0.05, 0.1) is 0 Å². The van der Waals surface area contributed by atoms with Gasteiger partial charge in [-0.25, -0.2) is 4.79 Å². The molecule has 0 N–H and O–H groups in total. The van der Waals surface area contributed by atoms with Gasteiger partial charge in [0, 0.05) is 18.7 Å². The highest BCUT2D eigenvalue weighted by Gasteiger charge is 2.29. The Morgan fingerprint density at radius 2 is 2.19 bits per heavy atom. The van der Waals surface area contributed by atoms with Crippen LogP contribution in [0.4, 0.5) is 4.79 Å². The molecule has 1 aliphatic heterocycles. The van der Waals surface area contributed by atoms with Crippen LogP contribution < -0.4 is 0 Å². The second-order valence-electron chi connectivity index (χ2n) is 6.65. The number of carbonyl (C=O) groups excluding carboxylic acids is 2. The molecule has 1 saturated heterocycles. The van der Waals surface area contributed by atoms with Gasteiger partial charge in [-0.1, -0.05) is 18.2 Å². The van der Waals surface area contributed by atoms with Crippen molar-refractivity contribution in [3.8, 4) is 0 Å². The zero-order chi connectivity index (χ0) is 15.5. The second kappa shape index (κ2) is 6.29. The number of carbonyl (C=O) groups is 2. The average Bonchev–Trinajstić information content (AvgIpc) is 2.85. The van der Waals surface area contributed by atoms with Crippen LogP contribution in [0.2, 0.25) is 0 Å². The van der Waals surface area contributed by atoms with E-state index in [0.29, 0.717) is 11.5 Å². The number of likely N-dealkylation sites (tertiary alicyclic amines) is 1. The van der Waals surface area contributed by atoms with E-state index < -0.39 is 5.60 Å². The van der Waals surface area contributed by atoms with Gasteiger partial charge in [-0.05, 0) is 51.2 Å². The molecule has 114 valence electrons. The summed E-state index contributed by atoms with van der Waals surface area (Å²) in [5, 5.41) is 0. The highest BCUT2D eigenvalue weighted by atomic mass is 16.6. The Morgan fingerprint density at radius 1 is 1.43 bits per heavy atom. The fraction of sp³-hybridized carbons (Fsp3) is 0.529. The van der Waals surface area contributed by atoms with Crippen LogP contribution >= 0.6 is 0 Å². The van der Waals surface area contributed by atoms with Gasteiger partial charge in [0.2, 0.25) is 0 Å². The molecule has 21 heavy (non-hydrogen) atoms. The molecule has 1 heterocycles. The van der Waals surface area contributed by atoms with Gasteiger partial charge in [-0.3, -0.25) is 4.79 Å². The maximum atomic E-state index is 12.0. The van der Waals surface area contributed by atoms with Gasteiger partial charge in [0.25, 0.3) is 0 Å². The Kier molecular flexibility index (Phi) is 4.66. The van der Waals surface area contributed by atoms with E-state index in [9.17, 15) is 9.59 Å². The van der Waals surface area contributed by atoms with Gasteiger partial charge < -0.3 is 9.64 Å². The molecule has 0 aliphatic carbocycles. The van der Waals surface area contributed by atoms with Crippen molar-refractivity contribution in [1.29, 1.82) is 0 Å². The zero-order valence-corrected chi connectivity index (χ0v) is 13.0. The van der Waals surface area contributed by atoms with Gasteiger partial charge in [-0.2, -0.15) is 0 Å². The smallest absolute Gasteiger partial charge is 0.410 e. The first kappa shape index (κ1) is 15.5. The minimum Gasteiger partial charge on any atom is -0.444 e. The van der Waals surface area contributed by atoms with Crippen molar-refractivity contribution in [3.63, 3.8) is 0 Å². The van der Waals surface area contributed by atoms with Crippen molar-refractivity contribution in [2.75, 3.05) is 13.1 Å². The van der Waals surface area contributed by atoms with Crippen LogP contribution in [-0.4, -0.2) is 36.0 Å². The van der Waals surface area contributed by atoms with Gasteiger partial charge in [0.15, 0.2) is 0 Å². The van der Waals surface area contributed by atoms with Crippen LogP contribution in [0.3, 0.4) is 0 Å². The third-order valence-corrected chi connectivity index (χ3v) is 3.55. The van der Waals surface area contributed by atoms with E-state index in [1.807, 2.05) is 39.0 Å². The lowest BCUT2D eigenvalue weighted by Crippen LogP contribution is -2.35. The summed E-state index contributed by atoms with van der Waals surface area (Å²) in [5.41, 5.74) is 1.40. The topological polar surface area (TPSA) is 46.6 Å². The largest absolute Gasteiger partial charge is 0.444 e. The summed E-state index contributed by atoms with van der Waals surface area (Å²) in [6.07, 6.45) is 2.50. The number of rotatable bonds is 3. The Bertz CT molecular complexity index is 519. The quantitative estimate of drug-likeness (QED) is 0.802. The molecule has 1 aromatic carbocycles. The maximum absolute atomic E-state index is 12.0. The molecular weight excluding hydrogens is 266 g/mol.